The fourth-order valence-corrected chi connectivity index (χ4v) is 1.13. The maximum Gasteiger partial charge on any atom is 0.340 e. The summed E-state index contributed by atoms with van der Waals surface area (Å²) in [7, 11) is 2.74. The van der Waals surface area contributed by atoms with E-state index in [2.05, 4.69) is 4.74 Å². The molecule has 5 heteroatoms. The molecule has 0 fully saturated rings. The molecule has 5 nitrogen and oxygen atoms in total. The van der Waals surface area contributed by atoms with Gasteiger partial charge in [-0.05, 0) is 31.2 Å². The SMILES string of the molecule is COC(=O)c1ccc(C(=O)OC(C)OC)cc1. The highest BCUT2D eigenvalue weighted by atomic mass is 16.7. The van der Waals surface area contributed by atoms with Crippen LogP contribution in [0.15, 0.2) is 24.3 Å². The van der Waals surface area contributed by atoms with E-state index in [0.717, 1.165) is 0 Å². The van der Waals surface area contributed by atoms with Crippen molar-refractivity contribution in [2.24, 2.45) is 0 Å². The molecular formula is C12H14O5. The van der Waals surface area contributed by atoms with Crippen LogP contribution >= 0.6 is 0 Å². The molecule has 0 amide bonds. The summed E-state index contributed by atoms with van der Waals surface area (Å²) in [6, 6.07) is 5.99. The lowest BCUT2D eigenvalue weighted by Gasteiger charge is -2.10. The summed E-state index contributed by atoms with van der Waals surface area (Å²) in [4.78, 5) is 22.7. The quantitative estimate of drug-likeness (QED) is 0.589. The van der Waals surface area contributed by atoms with Gasteiger partial charge in [0.05, 0.1) is 18.2 Å². The molecule has 0 aliphatic rings. The maximum absolute atomic E-state index is 11.5. The molecule has 0 saturated carbocycles. The molecule has 0 N–H and O–H groups in total. The lowest BCUT2D eigenvalue weighted by atomic mass is 10.1. The van der Waals surface area contributed by atoms with Crippen molar-refractivity contribution in [2.75, 3.05) is 14.2 Å². The Balaban J connectivity index is 2.74. The lowest BCUT2D eigenvalue weighted by molar-refractivity contribution is -0.0773. The Kier molecular flexibility index (Phi) is 4.66. The zero-order valence-electron chi connectivity index (χ0n) is 9.93. The van der Waals surface area contributed by atoms with Crippen LogP contribution in [0.5, 0.6) is 0 Å². The maximum atomic E-state index is 11.5. The van der Waals surface area contributed by atoms with Gasteiger partial charge in [-0.3, -0.25) is 0 Å². The molecule has 0 radical (unpaired) electrons. The summed E-state index contributed by atoms with van der Waals surface area (Å²) < 4.78 is 14.3. The zero-order valence-corrected chi connectivity index (χ0v) is 9.93. The smallest absolute Gasteiger partial charge is 0.340 e. The first-order valence-electron chi connectivity index (χ1n) is 5.00. The van der Waals surface area contributed by atoms with E-state index in [1.807, 2.05) is 0 Å². The van der Waals surface area contributed by atoms with E-state index in [9.17, 15) is 9.59 Å². The average Bonchev–Trinajstić information content (AvgIpc) is 2.37. The van der Waals surface area contributed by atoms with Crippen molar-refractivity contribution in [1.82, 2.24) is 0 Å². The summed E-state index contributed by atoms with van der Waals surface area (Å²) in [6.07, 6.45) is -0.609. The Morgan fingerprint density at radius 3 is 1.88 bits per heavy atom. The number of esters is 2. The first kappa shape index (κ1) is 13.2. The Bertz CT molecular complexity index is 396. The summed E-state index contributed by atoms with van der Waals surface area (Å²) in [5, 5.41) is 0. The summed E-state index contributed by atoms with van der Waals surface area (Å²) in [5.74, 6) is -0.953. The standard InChI is InChI=1S/C12H14O5/c1-8(15-2)17-12(14)10-6-4-9(5-7-10)11(13)16-3/h4-8H,1-3H3. The normalized spacial score (nSPS) is 11.7. The molecule has 92 valence electrons. The third-order valence-electron chi connectivity index (χ3n) is 2.15. The van der Waals surface area contributed by atoms with Gasteiger partial charge in [0.15, 0.2) is 6.29 Å². The van der Waals surface area contributed by atoms with E-state index < -0.39 is 18.2 Å². The number of rotatable bonds is 4. The monoisotopic (exact) mass is 238 g/mol. The van der Waals surface area contributed by atoms with Gasteiger partial charge < -0.3 is 14.2 Å². The van der Waals surface area contributed by atoms with Crippen LogP contribution in [0, 0.1) is 0 Å². The molecule has 17 heavy (non-hydrogen) atoms. The van der Waals surface area contributed by atoms with Crippen LogP contribution in [0.4, 0.5) is 0 Å². The first-order chi connectivity index (χ1) is 8.08. The number of ether oxygens (including phenoxy) is 3. The molecule has 1 atom stereocenters. The highest BCUT2D eigenvalue weighted by Gasteiger charge is 2.12. The number of methoxy groups -OCH3 is 2. The molecule has 0 saturated heterocycles. The molecule has 0 aliphatic heterocycles. The molecule has 1 unspecified atom stereocenters. The molecule has 1 rings (SSSR count). The van der Waals surface area contributed by atoms with Crippen LogP contribution in [0.2, 0.25) is 0 Å². The van der Waals surface area contributed by atoms with E-state index in [0.29, 0.717) is 11.1 Å². The highest BCUT2D eigenvalue weighted by molar-refractivity contribution is 5.93. The largest absolute Gasteiger partial charge is 0.465 e. The second-order valence-corrected chi connectivity index (χ2v) is 3.28. The van der Waals surface area contributed by atoms with Crippen molar-refractivity contribution in [3.05, 3.63) is 35.4 Å². The zero-order chi connectivity index (χ0) is 12.8. The van der Waals surface area contributed by atoms with Crippen molar-refractivity contribution in [2.45, 2.75) is 13.2 Å². The van der Waals surface area contributed by atoms with Crippen LogP contribution in [-0.2, 0) is 14.2 Å². The third kappa shape index (κ3) is 3.57. The van der Waals surface area contributed by atoms with Crippen LogP contribution in [-0.4, -0.2) is 32.4 Å². The van der Waals surface area contributed by atoms with Crippen molar-refractivity contribution in [3.8, 4) is 0 Å². The Labute approximate surface area is 99.3 Å². The summed E-state index contributed by atoms with van der Waals surface area (Å²) >= 11 is 0. The minimum Gasteiger partial charge on any atom is -0.465 e. The number of hydrogen-bond donors (Lipinski definition) is 0. The van der Waals surface area contributed by atoms with Gasteiger partial charge >= 0.3 is 11.9 Å². The van der Waals surface area contributed by atoms with Gasteiger partial charge in [-0.15, -0.1) is 0 Å². The average molecular weight is 238 g/mol. The van der Waals surface area contributed by atoms with E-state index in [4.69, 9.17) is 9.47 Å². The predicted molar refractivity (Wildman–Crippen MR) is 59.7 cm³/mol. The molecular weight excluding hydrogens is 224 g/mol. The van der Waals surface area contributed by atoms with Crippen LogP contribution < -0.4 is 0 Å². The topological polar surface area (TPSA) is 61.8 Å². The Morgan fingerprint density at radius 2 is 1.47 bits per heavy atom. The van der Waals surface area contributed by atoms with Gasteiger partial charge in [-0.1, -0.05) is 0 Å². The van der Waals surface area contributed by atoms with E-state index in [1.54, 1.807) is 6.92 Å². The second kappa shape index (κ2) is 6.00. The summed E-state index contributed by atoms with van der Waals surface area (Å²) in [5.41, 5.74) is 0.727. The number of hydrogen-bond acceptors (Lipinski definition) is 5. The number of carbonyl (C=O) groups is 2. The fraction of sp³-hybridized carbons (Fsp3) is 0.333. The van der Waals surface area contributed by atoms with Gasteiger partial charge in [0.25, 0.3) is 0 Å². The minimum absolute atomic E-state index is 0.349. The van der Waals surface area contributed by atoms with Crippen molar-refractivity contribution < 1.29 is 23.8 Å². The molecule has 1 aromatic carbocycles. The third-order valence-corrected chi connectivity index (χ3v) is 2.15. The highest BCUT2D eigenvalue weighted by Crippen LogP contribution is 2.08. The molecule has 0 spiro atoms. The molecule has 0 aromatic heterocycles. The van der Waals surface area contributed by atoms with Crippen molar-refractivity contribution >= 4 is 11.9 Å². The molecule has 0 bridgehead atoms. The second-order valence-electron chi connectivity index (χ2n) is 3.28. The van der Waals surface area contributed by atoms with Gasteiger partial charge in [0.2, 0.25) is 0 Å². The Hall–Kier alpha value is -1.88. The summed E-state index contributed by atoms with van der Waals surface area (Å²) in [6.45, 7) is 1.61. The molecule has 0 heterocycles. The van der Waals surface area contributed by atoms with E-state index >= 15 is 0 Å². The first-order valence-corrected chi connectivity index (χ1v) is 5.00. The lowest BCUT2D eigenvalue weighted by Crippen LogP contribution is -2.16. The molecule has 1 aromatic rings. The minimum atomic E-state index is -0.609. The van der Waals surface area contributed by atoms with Crippen molar-refractivity contribution in [1.29, 1.82) is 0 Å². The van der Waals surface area contributed by atoms with Gasteiger partial charge in [-0.2, -0.15) is 0 Å². The van der Waals surface area contributed by atoms with Crippen LogP contribution in [0.1, 0.15) is 27.6 Å². The van der Waals surface area contributed by atoms with Gasteiger partial charge in [0, 0.05) is 7.11 Å². The predicted octanol–water partition coefficient (Wildman–Crippen LogP) is 1.62. The fourth-order valence-electron chi connectivity index (χ4n) is 1.13. The van der Waals surface area contributed by atoms with Crippen LogP contribution in [0.25, 0.3) is 0 Å². The van der Waals surface area contributed by atoms with E-state index in [-0.39, 0.29) is 0 Å². The van der Waals surface area contributed by atoms with Gasteiger partial charge in [-0.25, -0.2) is 9.59 Å². The van der Waals surface area contributed by atoms with Crippen LogP contribution in [0.3, 0.4) is 0 Å². The number of benzene rings is 1. The molecule has 0 aliphatic carbocycles. The van der Waals surface area contributed by atoms with Gasteiger partial charge in [0.1, 0.15) is 0 Å². The Morgan fingerprint density at radius 1 is 1.00 bits per heavy atom. The van der Waals surface area contributed by atoms with E-state index in [1.165, 1.54) is 38.5 Å². The number of carbonyl (C=O) groups excluding carboxylic acids is 2. The van der Waals surface area contributed by atoms with Crippen molar-refractivity contribution in [3.63, 3.8) is 0 Å².